The van der Waals surface area contributed by atoms with Crippen LogP contribution in [0.4, 0.5) is 5.13 Å². The highest BCUT2D eigenvalue weighted by atomic mass is 32.1. The maximum Gasteiger partial charge on any atom is 0.251 e. The van der Waals surface area contributed by atoms with Crippen LogP contribution < -0.4 is 16.2 Å². The van der Waals surface area contributed by atoms with E-state index in [2.05, 4.69) is 27.1 Å². The lowest BCUT2D eigenvalue weighted by atomic mass is 10.1. The zero-order valence-corrected chi connectivity index (χ0v) is 12.0. The predicted octanol–water partition coefficient (Wildman–Crippen LogP) is 0.424. The van der Waals surface area contributed by atoms with Crippen molar-refractivity contribution in [2.45, 2.75) is 25.8 Å². The predicted molar refractivity (Wildman–Crippen MR) is 76.9 cm³/mol. The zero-order chi connectivity index (χ0) is 13.7. The van der Waals surface area contributed by atoms with Gasteiger partial charge < -0.3 is 4.90 Å². The minimum Gasteiger partial charge on any atom is -0.346 e. The van der Waals surface area contributed by atoms with Gasteiger partial charge in [0, 0.05) is 37.8 Å². The van der Waals surface area contributed by atoms with Crippen molar-refractivity contribution in [3.63, 3.8) is 0 Å². The first kappa shape index (κ1) is 14.2. The number of rotatable bonds is 5. The summed E-state index contributed by atoms with van der Waals surface area (Å²) in [5, 5.41) is 3.05. The molecule has 7 heteroatoms. The molecular weight excluding hydrogens is 262 g/mol. The summed E-state index contributed by atoms with van der Waals surface area (Å²) in [5.41, 5.74) is 2.28. The molecule has 1 saturated heterocycles. The first-order valence-corrected chi connectivity index (χ1v) is 7.53. The summed E-state index contributed by atoms with van der Waals surface area (Å²) in [6.45, 7) is 5.65. The van der Waals surface area contributed by atoms with Gasteiger partial charge in [-0.15, -0.1) is 11.3 Å². The number of piperazine rings is 1. The summed E-state index contributed by atoms with van der Waals surface area (Å²) in [7, 11) is 0. The normalized spacial score (nSPS) is 18.3. The van der Waals surface area contributed by atoms with E-state index in [4.69, 9.17) is 5.84 Å². The topological polar surface area (TPSA) is 74.5 Å². The molecule has 1 unspecified atom stereocenters. The van der Waals surface area contributed by atoms with E-state index in [1.165, 1.54) is 0 Å². The Morgan fingerprint density at radius 3 is 2.79 bits per heavy atom. The molecule has 1 aromatic rings. The molecule has 0 bridgehead atoms. The number of carbonyl (C=O) groups is 1. The van der Waals surface area contributed by atoms with Gasteiger partial charge in [0.15, 0.2) is 5.13 Å². The van der Waals surface area contributed by atoms with Gasteiger partial charge in [-0.2, -0.15) is 0 Å². The Balaban J connectivity index is 1.92. The molecule has 1 atom stereocenters. The van der Waals surface area contributed by atoms with E-state index in [0.29, 0.717) is 0 Å². The van der Waals surface area contributed by atoms with Crippen LogP contribution in [-0.2, 0) is 4.79 Å². The summed E-state index contributed by atoms with van der Waals surface area (Å²) in [6, 6.07) is -0.103. The Morgan fingerprint density at radius 2 is 2.26 bits per heavy atom. The van der Waals surface area contributed by atoms with Crippen molar-refractivity contribution in [1.29, 1.82) is 0 Å². The average molecular weight is 283 g/mol. The van der Waals surface area contributed by atoms with Crippen LogP contribution in [0.15, 0.2) is 11.6 Å². The smallest absolute Gasteiger partial charge is 0.251 e. The number of nitrogens with zero attached hydrogens (tertiary/aromatic N) is 3. The van der Waals surface area contributed by atoms with E-state index in [1.54, 1.807) is 11.3 Å². The van der Waals surface area contributed by atoms with Crippen molar-refractivity contribution in [1.82, 2.24) is 15.3 Å². The van der Waals surface area contributed by atoms with Crippen molar-refractivity contribution in [2.24, 2.45) is 5.84 Å². The first-order valence-electron chi connectivity index (χ1n) is 6.65. The third-order valence-electron chi connectivity index (χ3n) is 3.45. The fraction of sp³-hybridized carbons (Fsp3) is 0.667. The number of amides is 1. The number of hydrazine groups is 1. The molecule has 1 fully saturated rings. The van der Waals surface area contributed by atoms with Crippen LogP contribution in [-0.4, -0.2) is 48.0 Å². The quantitative estimate of drug-likeness (QED) is 0.465. The minimum absolute atomic E-state index is 0.0791. The van der Waals surface area contributed by atoms with E-state index in [9.17, 15) is 4.79 Å². The number of hydrogen-bond donors (Lipinski definition) is 2. The highest BCUT2D eigenvalue weighted by molar-refractivity contribution is 7.13. The van der Waals surface area contributed by atoms with Gasteiger partial charge in [0.1, 0.15) is 0 Å². The lowest BCUT2D eigenvalue weighted by molar-refractivity contribution is -0.127. The van der Waals surface area contributed by atoms with Gasteiger partial charge in [0.05, 0.1) is 6.04 Å². The summed E-state index contributed by atoms with van der Waals surface area (Å²) in [5.74, 6) is 5.19. The minimum atomic E-state index is -0.103. The number of hydrogen-bond acceptors (Lipinski definition) is 6. The van der Waals surface area contributed by atoms with Gasteiger partial charge in [0.2, 0.25) is 0 Å². The average Bonchev–Trinajstić information content (AvgIpc) is 2.98. The summed E-state index contributed by atoms with van der Waals surface area (Å²) in [6.07, 6.45) is 3.65. The summed E-state index contributed by atoms with van der Waals surface area (Å²) in [4.78, 5) is 20.6. The lowest BCUT2D eigenvalue weighted by Gasteiger charge is -2.38. The second-order valence-electron chi connectivity index (χ2n) is 4.65. The number of aromatic nitrogens is 1. The van der Waals surface area contributed by atoms with Crippen LogP contribution >= 0.6 is 11.3 Å². The molecule has 1 aromatic heterocycles. The van der Waals surface area contributed by atoms with E-state index < -0.39 is 0 Å². The van der Waals surface area contributed by atoms with E-state index >= 15 is 0 Å². The second-order valence-corrected chi connectivity index (χ2v) is 5.52. The second kappa shape index (κ2) is 6.83. The van der Waals surface area contributed by atoms with Gasteiger partial charge in [0.25, 0.3) is 5.91 Å². The zero-order valence-electron chi connectivity index (χ0n) is 11.2. The van der Waals surface area contributed by atoms with Crippen molar-refractivity contribution < 1.29 is 4.79 Å². The molecule has 0 saturated carbocycles. The van der Waals surface area contributed by atoms with Crippen LogP contribution in [0.5, 0.6) is 0 Å². The Labute approximate surface area is 117 Å². The van der Waals surface area contributed by atoms with Gasteiger partial charge in [-0.1, -0.05) is 13.3 Å². The van der Waals surface area contributed by atoms with Crippen LogP contribution in [0.25, 0.3) is 0 Å². The summed E-state index contributed by atoms with van der Waals surface area (Å²) >= 11 is 1.66. The van der Waals surface area contributed by atoms with Gasteiger partial charge in [-0.05, 0) is 6.42 Å². The highest BCUT2D eigenvalue weighted by Crippen LogP contribution is 2.20. The molecule has 0 aromatic carbocycles. The molecule has 0 spiro atoms. The Kier molecular flexibility index (Phi) is 5.12. The van der Waals surface area contributed by atoms with Gasteiger partial charge in [-0.3, -0.25) is 15.1 Å². The maximum atomic E-state index is 11.8. The maximum absolute atomic E-state index is 11.8. The molecule has 0 radical (unpaired) electrons. The highest BCUT2D eigenvalue weighted by Gasteiger charge is 2.28. The fourth-order valence-corrected chi connectivity index (χ4v) is 3.14. The third-order valence-corrected chi connectivity index (χ3v) is 4.28. The molecule has 1 aliphatic rings. The van der Waals surface area contributed by atoms with Gasteiger partial charge in [-0.25, -0.2) is 10.8 Å². The van der Waals surface area contributed by atoms with E-state index in [1.807, 2.05) is 11.6 Å². The Morgan fingerprint density at radius 1 is 1.53 bits per heavy atom. The molecule has 1 amide bonds. The molecule has 2 rings (SSSR count). The number of carbonyl (C=O) groups excluding carboxylic acids is 1. The molecule has 106 valence electrons. The van der Waals surface area contributed by atoms with Crippen LogP contribution in [0.2, 0.25) is 0 Å². The number of nitrogens with one attached hydrogen (secondary N) is 1. The number of thiazole rings is 1. The van der Waals surface area contributed by atoms with Crippen molar-refractivity contribution in [3.8, 4) is 0 Å². The lowest BCUT2D eigenvalue weighted by Crippen LogP contribution is -2.55. The van der Waals surface area contributed by atoms with Gasteiger partial charge >= 0.3 is 0 Å². The molecule has 3 N–H and O–H groups in total. The third kappa shape index (κ3) is 3.43. The van der Waals surface area contributed by atoms with Crippen LogP contribution in [0.3, 0.4) is 0 Å². The number of anilines is 1. The largest absolute Gasteiger partial charge is 0.346 e. The monoisotopic (exact) mass is 283 g/mol. The van der Waals surface area contributed by atoms with Crippen molar-refractivity contribution in [3.05, 3.63) is 11.6 Å². The van der Waals surface area contributed by atoms with Crippen molar-refractivity contribution in [2.75, 3.05) is 31.1 Å². The van der Waals surface area contributed by atoms with Crippen LogP contribution in [0.1, 0.15) is 19.8 Å². The van der Waals surface area contributed by atoms with Crippen LogP contribution in [0, 0.1) is 0 Å². The van der Waals surface area contributed by atoms with E-state index in [-0.39, 0.29) is 11.9 Å². The molecule has 19 heavy (non-hydrogen) atoms. The summed E-state index contributed by atoms with van der Waals surface area (Å²) < 4.78 is 0. The standard InChI is InChI=1S/C12H21N5OS/c1-2-3-10(11(18)15-13)16-5-7-17(8-6-16)12-14-4-9-19-12/h4,9-10H,2-3,5-8,13H2,1H3,(H,15,18). The Hall–Kier alpha value is -1.18. The molecule has 2 heterocycles. The first-order chi connectivity index (χ1) is 9.26. The molecular formula is C12H21N5OS. The van der Waals surface area contributed by atoms with E-state index in [0.717, 1.165) is 44.2 Å². The fourth-order valence-electron chi connectivity index (χ4n) is 2.45. The SMILES string of the molecule is CCCC(C(=O)NN)N1CCN(c2nccs2)CC1. The molecule has 6 nitrogen and oxygen atoms in total. The number of nitrogens with two attached hydrogens (primary N) is 1. The Bertz CT molecular complexity index is 389. The van der Waals surface area contributed by atoms with Crippen molar-refractivity contribution >= 4 is 22.4 Å². The molecule has 1 aliphatic heterocycles. The molecule has 0 aliphatic carbocycles.